The van der Waals surface area contributed by atoms with Crippen LogP contribution in [0.1, 0.15) is 62.1 Å². The molecule has 0 radical (unpaired) electrons. The normalized spacial score (nSPS) is 24.0. The molecule has 0 spiro atoms. The minimum absolute atomic E-state index is 0.0101. The van der Waals surface area contributed by atoms with E-state index in [4.69, 9.17) is 4.74 Å². The van der Waals surface area contributed by atoms with E-state index in [0.717, 1.165) is 36.8 Å². The molecule has 1 saturated carbocycles. The number of rotatable bonds is 7. The number of allylic oxidation sites excluding steroid dienone is 2. The van der Waals surface area contributed by atoms with E-state index in [0.29, 0.717) is 19.3 Å². The van der Waals surface area contributed by atoms with Crippen molar-refractivity contribution in [1.29, 1.82) is 0 Å². The zero-order chi connectivity index (χ0) is 26.8. The first-order valence-corrected chi connectivity index (χ1v) is 13.6. The highest BCUT2D eigenvalue weighted by molar-refractivity contribution is 5.86. The fraction of sp³-hybridized carbons (Fsp3) is 0.452. The summed E-state index contributed by atoms with van der Waals surface area (Å²) < 4.78 is 5.75. The molecule has 2 amide bonds. The molecule has 2 aromatic rings. The van der Waals surface area contributed by atoms with Crippen LogP contribution in [0, 0.1) is 11.8 Å². The van der Waals surface area contributed by atoms with Gasteiger partial charge in [0.05, 0.1) is 30.0 Å². The molecule has 38 heavy (non-hydrogen) atoms. The average Bonchev–Trinajstić information content (AvgIpc) is 3.40. The topological polar surface area (TPSA) is 105 Å². The number of benzene rings is 2. The number of carbonyl (C=O) groups is 3. The van der Waals surface area contributed by atoms with Crippen molar-refractivity contribution in [3.05, 3.63) is 83.9 Å². The van der Waals surface area contributed by atoms with Gasteiger partial charge in [-0.05, 0) is 43.2 Å². The number of aliphatic hydroxyl groups is 1. The highest BCUT2D eigenvalue weighted by atomic mass is 16.5. The van der Waals surface area contributed by atoms with Crippen molar-refractivity contribution in [3.8, 4) is 0 Å². The molecule has 7 nitrogen and oxygen atoms in total. The standard InChI is InChI=1S/C31H38N2O5/c34-22-31(17-9-10-18-31)33-28(35)20-25-15-7-8-16-26(19-23-11-3-1-4-12-23)30(37)38-21-27(32-29(25)36)24-13-5-2-6-14-24/h1-8,11-14,25-27,34H,9-10,15-22H2,(H,32,36)(H,33,35)/t25-,26+,27-/m1/s1. The largest absolute Gasteiger partial charge is 0.463 e. The molecule has 1 heterocycles. The first kappa shape index (κ1) is 27.6. The second-order valence-corrected chi connectivity index (χ2v) is 10.5. The van der Waals surface area contributed by atoms with Crippen LogP contribution in [0.25, 0.3) is 0 Å². The Balaban J connectivity index is 1.53. The Morgan fingerprint density at radius 1 is 0.947 bits per heavy atom. The van der Waals surface area contributed by atoms with E-state index < -0.39 is 17.5 Å². The molecule has 1 aliphatic heterocycles. The fourth-order valence-corrected chi connectivity index (χ4v) is 5.39. The zero-order valence-corrected chi connectivity index (χ0v) is 21.8. The van der Waals surface area contributed by atoms with Crippen molar-refractivity contribution in [2.75, 3.05) is 13.2 Å². The molecule has 202 valence electrons. The Hall–Kier alpha value is -3.45. The van der Waals surface area contributed by atoms with E-state index in [9.17, 15) is 19.5 Å². The molecule has 1 aliphatic carbocycles. The second kappa shape index (κ2) is 13.4. The number of hydrogen-bond acceptors (Lipinski definition) is 5. The van der Waals surface area contributed by atoms with Crippen LogP contribution in [-0.4, -0.2) is 41.6 Å². The summed E-state index contributed by atoms with van der Waals surface area (Å²) in [6.45, 7) is -0.0874. The highest BCUT2D eigenvalue weighted by Crippen LogP contribution is 2.29. The minimum atomic E-state index is -0.586. The number of aliphatic hydroxyl groups excluding tert-OH is 1. The Labute approximate surface area is 224 Å². The summed E-state index contributed by atoms with van der Waals surface area (Å²) in [5.74, 6) is -1.73. The van der Waals surface area contributed by atoms with Gasteiger partial charge in [0.2, 0.25) is 11.8 Å². The van der Waals surface area contributed by atoms with Gasteiger partial charge in [-0.2, -0.15) is 0 Å². The van der Waals surface area contributed by atoms with Crippen molar-refractivity contribution < 1.29 is 24.2 Å². The molecular weight excluding hydrogens is 480 g/mol. The van der Waals surface area contributed by atoms with Crippen molar-refractivity contribution in [1.82, 2.24) is 10.6 Å². The Morgan fingerprint density at radius 3 is 2.24 bits per heavy atom. The summed E-state index contributed by atoms with van der Waals surface area (Å²) in [6.07, 6.45) is 8.66. The van der Waals surface area contributed by atoms with Gasteiger partial charge in [-0.3, -0.25) is 14.4 Å². The van der Waals surface area contributed by atoms with E-state index >= 15 is 0 Å². The van der Waals surface area contributed by atoms with Gasteiger partial charge in [-0.1, -0.05) is 85.7 Å². The number of nitrogens with one attached hydrogen (secondary N) is 2. The lowest BCUT2D eigenvalue weighted by molar-refractivity contribution is -0.150. The Kier molecular flexibility index (Phi) is 9.71. The summed E-state index contributed by atoms with van der Waals surface area (Å²) in [6, 6.07) is 18.7. The smallest absolute Gasteiger partial charge is 0.309 e. The lowest BCUT2D eigenvalue weighted by Gasteiger charge is -2.29. The van der Waals surface area contributed by atoms with Crippen LogP contribution in [0.3, 0.4) is 0 Å². The molecule has 2 aliphatic rings. The molecule has 0 unspecified atom stereocenters. The molecule has 0 bridgehead atoms. The van der Waals surface area contributed by atoms with E-state index in [-0.39, 0.29) is 43.3 Å². The van der Waals surface area contributed by atoms with E-state index in [1.807, 2.05) is 72.8 Å². The van der Waals surface area contributed by atoms with Gasteiger partial charge in [-0.25, -0.2) is 0 Å². The number of amides is 2. The summed E-state index contributed by atoms with van der Waals surface area (Å²) in [7, 11) is 0. The van der Waals surface area contributed by atoms with Crippen LogP contribution in [0.2, 0.25) is 0 Å². The molecule has 0 saturated heterocycles. The third-order valence-electron chi connectivity index (χ3n) is 7.65. The third kappa shape index (κ3) is 7.54. The van der Waals surface area contributed by atoms with Crippen molar-refractivity contribution in [2.24, 2.45) is 11.8 Å². The first-order valence-electron chi connectivity index (χ1n) is 13.6. The van der Waals surface area contributed by atoms with E-state index in [1.165, 1.54) is 0 Å². The quantitative estimate of drug-likeness (QED) is 0.379. The van der Waals surface area contributed by atoms with E-state index in [2.05, 4.69) is 10.6 Å². The first-order chi connectivity index (χ1) is 18.5. The number of hydrogen-bond donors (Lipinski definition) is 3. The molecule has 7 heteroatoms. The fourth-order valence-electron chi connectivity index (χ4n) is 5.39. The van der Waals surface area contributed by atoms with Gasteiger partial charge >= 0.3 is 5.97 Å². The molecule has 0 aromatic heterocycles. The summed E-state index contributed by atoms with van der Waals surface area (Å²) in [4.78, 5) is 39.5. The SMILES string of the molecule is O=C(C[C@H]1CC=CC[C@@H](Cc2ccccc2)C(=O)OC[C@H](c2ccccc2)NC1=O)NC1(CO)CCCC1. The number of esters is 1. The summed E-state index contributed by atoms with van der Waals surface area (Å²) >= 11 is 0. The van der Waals surface area contributed by atoms with Gasteiger partial charge in [-0.15, -0.1) is 0 Å². The summed E-state index contributed by atoms with van der Waals surface area (Å²) in [5.41, 5.74) is 1.30. The van der Waals surface area contributed by atoms with Gasteiger partial charge in [0.25, 0.3) is 0 Å². The van der Waals surface area contributed by atoms with Crippen LogP contribution in [0.5, 0.6) is 0 Å². The third-order valence-corrected chi connectivity index (χ3v) is 7.65. The van der Waals surface area contributed by atoms with Crippen molar-refractivity contribution in [3.63, 3.8) is 0 Å². The maximum absolute atomic E-state index is 13.4. The summed E-state index contributed by atoms with van der Waals surface area (Å²) in [5, 5.41) is 15.9. The molecule has 2 aromatic carbocycles. The van der Waals surface area contributed by atoms with Crippen LogP contribution in [0.4, 0.5) is 0 Å². The average molecular weight is 519 g/mol. The number of ether oxygens (including phenoxy) is 1. The van der Waals surface area contributed by atoms with Crippen molar-refractivity contribution >= 4 is 17.8 Å². The monoisotopic (exact) mass is 518 g/mol. The molecule has 1 fully saturated rings. The molecular formula is C31H38N2O5. The van der Waals surface area contributed by atoms with Crippen LogP contribution >= 0.6 is 0 Å². The Morgan fingerprint density at radius 2 is 1.58 bits per heavy atom. The lowest BCUT2D eigenvalue weighted by Crippen LogP contribution is -2.50. The number of carbonyl (C=O) groups excluding carboxylic acids is 3. The van der Waals surface area contributed by atoms with Gasteiger partial charge in [0, 0.05) is 6.42 Å². The second-order valence-electron chi connectivity index (χ2n) is 10.5. The maximum Gasteiger partial charge on any atom is 0.309 e. The van der Waals surface area contributed by atoms with Crippen LogP contribution in [-0.2, 0) is 25.5 Å². The van der Waals surface area contributed by atoms with Gasteiger partial charge < -0.3 is 20.5 Å². The predicted molar refractivity (Wildman–Crippen MR) is 145 cm³/mol. The predicted octanol–water partition coefficient (Wildman–Crippen LogP) is 4.02. The highest BCUT2D eigenvalue weighted by Gasteiger charge is 2.36. The molecule has 3 N–H and O–H groups in total. The van der Waals surface area contributed by atoms with Gasteiger partial charge in [0.1, 0.15) is 6.61 Å². The minimum Gasteiger partial charge on any atom is -0.463 e. The van der Waals surface area contributed by atoms with Crippen LogP contribution < -0.4 is 10.6 Å². The van der Waals surface area contributed by atoms with Crippen molar-refractivity contribution in [2.45, 2.75) is 62.9 Å². The number of cyclic esters (lactones) is 1. The van der Waals surface area contributed by atoms with E-state index in [1.54, 1.807) is 0 Å². The molecule has 4 rings (SSSR count). The maximum atomic E-state index is 13.4. The zero-order valence-electron chi connectivity index (χ0n) is 21.8. The Bertz CT molecular complexity index is 1100. The molecule has 3 atom stereocenters. The lowest BCUT2D eigenvalue weighted by atomic mass is 9.93. The van der Waals surface area contributed by atoms with Gasteiger partial charge in [0.15, 0.2) is 0 Å². The van der Waals surface area contributed by atoms with Crippen LogP contribution in [0.15, 0.2) is 72.8 Å².